The second-order valence-corrected chi connectivity index (χ2v) is 9.98. The number of aromatic nitrogens is 1. The van der Waals surface area contributed by atoms with E-state index in [-0.39, 0.29) is 23.9 Å². The monoisotopic (exact) mass is 472 g/mol. The molecule has 0 bridgehead atoms. The van der Waals surface area contributed by atoms with Crippen LogP contribution in [0.25, 0.3) is 0 Å². The van der Waals surface area contributed by atoms with Crippen LogP contribution in [0.5, 0.6) is 5.88 Å². The molecule has 0 saturated carbocycles. The maximum atomic E-state index is 12.4. The van der Waals surface area contributed by atoms with Crippen LogP contribution in [0.4, 0.5) is 13.2 Å². The van der Waals surface area contributed by atoms with Crippen molar-refractivity contribution < 1.29 is 32.2 Å². The molecule has 1 saturated heterocycles. The molecule has 3 rings (SSSR count). The van der Waals surface area contributed by atoms with E-state index >= 15 is 0 Å². The quantitative estimate of drug-likeness (QED) is 0.551. The number of ether oxygens (including phenoxy) is 3. The molecule has 0 radical (unpaired) electrons. The van der Waals surface area contributed by atoms with E-state index in [0.29, 0.717) is 19.4 Å². The molecule has 1 fully saturated rings. The smallest absolute Gasteiger partial charge is 0.422 e. The van der Waals surface area contributed by atoms with Crippen molar-refractivity contribution in [2.45, 2.75) is 77.2 Å². The van der Waals surface area contributed by atoms with Gasteiger partial charge in [-0.05, 0) is 57.9 Å². The molecule has 1 aromatic heterocycles. The number of pyridine rings is 1. The maximum Gasteiger partial charge on any atom is 0.422 e. The Balaban J connectivity index is 1.38. The van der Waals surface area contributed by atoms with Crippen molar-refractivity contribution in [3.8, 4) is 5.88 Å². The van der Waals surface area contributed by atoms with Crippen LogP contribution < -0.4 is 4.74 Å². The molecule has 0 aromatic carbocycles. The highest BCUT2D eigenvalue weighted by Crippen LogP contribution is 2.26. The first-order chi connectivity index (χ1) is 15.5. The zero-order valence-corrected chi connectivity index (χ0v) is 19.7. The highest BCUT2D eigenvalue weighted by molar-refractivity contribution is 5.70. The summed E-state index contributed by atoms with van der Waals surface area (Å²) < 4.78 is 53.4. The van der Waals surface area contributed by atoms with Crippen LogP contribution in [0.3, 0.4) is 0 Å². The number of esters is 1. The molecule has 2 aliphatic heterocycles. The van der Waals surface area contributed by atoms with Crippen molar-refractivity contribution in [3.63, 3.8) is 0 Å². The Bertz CT molecular complexity index is 787. The van der Waals surface area contributed by atoms with Gasteiger partial charge in [-0.1, -0.05) is 6.07 Å². The second kappa shape index (κ2) is 11.0. The fourth-order valence-corrected chi connectivity index (χ4v) is 4.26. The van der Waals surface area contributed by atoms with Crippen LogP contribution in [0.2, 0.25) is 0 Å². The van der Waals surface area contributed by atoms with Crippen molar-refractivity contribution in [2.75, 3.05) is 32.8 Å². The summed E-state index contributed by atoms with van der Waals surface area (Å²) in [4.78, 5) is 18.7. The Morgan fingerprint density at radius 3 is 2.61 bits per heavy atom. The van der Waals surface area contributed by atoms with E-state index in [9.17, 15) is 18.0 Å². The minimum Gasteiger partial charge on any atom is -0.468 e. The summed E-state index contributed by atoms with van der Waals surface area (Å²) in [7, 11) is 0. The molecule has 186 valence electrons. The number of alkyl halides is 3. The highest BCUT2D eigenvalue weighted by atomic mass is 19.4. The fraction of sp³-hybridized carbons (Fsp3) is 0.750. The third kappa shape index (κ3) is 9.12. The van der Waals surface area contributed by atoms with Gasteiger partial charge in [-0.2, -0.15) is 13.2 Å². The van der Waals surface area contributed by atoms with E-state index in [1.54, 1.807) is 0 Å². The summed E-state index contributed by atoms with van der Waals surface area (Å²) in [6.07, 6.45) is 0.517. The van der Waals surface area contributed by atoms with Crippen LogP contribution in [-0.2, 0) is 27.1 Å². The maximum absolute atomic E-state index is 12.4. The lowest BCUT2D eigenvalue weighted by molar-refractivity contribution is -0.157. The van der Waals surface area contributed by atoms with Crippen molar-refractivity contribution in [2.24, 2.45) is 5.92 Å². The molecule has 0 aliphatic carbocycles. The summed E-state index contributed by atoms with van der Waals surface area (Å²) in [6.45, 7) is 7.45. The normalized spacial score (nSPS) is 22.4. The van der Waals surface area contributed by atoms with Gasteiger partial charge in [0.2, 0.25) is 5.88 Å². The topological polar surface area (TPSA) is 60.9 Å². The van der Waals surface area contributed by atoms with Gasteiger partial charge in [0, 0.05) is 37.8 Å². The van der Waals surface area contributed by atoms with E-state index in [1.165, 1.54) is 6.07 Å². The predicted molar refractivity (Wildman–Crippen MR) is 117 cm³/mol. The van der Waals surface area contributed by atoms with Gasteiger partial charge >= 0.3 is 12.1 Å². The molecular weight excluding hydrogens is 437 g/mol. The lowest BCUT2D eigenvalue weighted by atomic mass is 9.94. The second-order valence-electron chi connectivity index (χ2n) is 9.98. The molecule has 33 heavy (non-hydrogen) atoms. The van der Waals surface area contributed by atoms with Gasteiger partial charge in [0.1, 0.15) is 5.60 Å². The molecular formula is C24H35F3N2O4. The number of hydrogen-bond acceptors (Lipinski definition) is 6. The van der Waals surface area contributed by atoms with Gasteiger partial charge in [0.05, 0.1) is 19.1 Å². The summed E-state index contributed by atoms with van der Waals surface area (Å²) in [6, 6.07) is 3.34. The molecule has 9 heteroatoms. The first kappa shape index (κ1) is 25.7. The van der Waals surface area contributed by atoms with E-state index in [4.69, 9.17) is 14.2 Å². The van der Waals surface area contributed by atoms with E-state index in [2.05, 4.69) is 9.88 Å². The number of carbonyl (C=O) groups is 1. The fourth-order valence-electron chi connectivity index (χ4n) is 4.26. The van der Waals surface area contributed by atoms with Crippen LogP contribution >= 0.6 is 0 Å². The summed E-state index contributed by atoms with van der Waals surface area (Å²) in [5.41, 5.74) is 1.42. The van der Waals surface area contributed by atoms with Crippen molar-refractivity contribution in [1.29, 1.82) is 0 Å². The van der Waals surface area contributed by atoms with Crippen LogP contribution in [0.15, 0.2) is 12.1 Å². The minimum absolute atomic E-state index is 0.0241. The third-order valence-electron chi connectivity index (χ3n) is 5.90. The zero-order valence-electron chi connectivity index (χ0n) is 19.7. The average Bonchev–Trinajstić information content (AvgIpc) is 2.92. The van der Waals surface area contributed by atoms with E-state index in [0.717, 1.165) is 56.6 Å². The van der Waals surface area contributed by atoms with Crippen molar-refractivity contribution in [1.82, 2.24) is 9.88 Å². The molecule has 3 heterocycles. The molecule has 2 aliphatic rings. The van der Waals surface area contributed by atoms with E-state index < -0.39 is 18.4 Å². The average molecular weight is 473 g/mol. The lowest BCUT2D eigenvalue weighted by Crippen LogP contribution is -2.34. The van der Waals surface area contributed by atoms with Gasteiger partial charge in [-0.3, -0.25) is 4.79 Å². The Labute approximate surface area is 193 Å². The van der Waals surface area contributed by atoms with Gasteiger partial charge in [0.25, 0.3) is 0 Å². The Kier molecular flexibility index (Phi) is 8.61. The van der Waals surface area contributed by atoms with Gasteiger partial charge in [0.15, 0.2) is 6.61 Å². The number of carbonyl (C=O) groups excluding carboxylic acids is 1. The van der Waals surface area contributed by atoms with Gasteiger partial charge in [-0.15, -0.1) is 0 Å². The number of rotatable bonds is 7. The molecule has 0 amide bonds. The summed E-state index contributed by atoms with van der Waals surface area (Å²) >= 11 is 0. The first-order valence-electron chi connectivity index (χ1n) is 11.7. The molecule has 0 N–H and O–H groups in total. The van der Waals surface area contributed by atoms with Gasteiger partial charge < -0.3 is 19.1 Å². The Hall–Kier alpha value is -1.87. The number of fused-ring (bicyclic) bond motifs is 1. The minimum atomic E-state index is -4.37. The Morgan fingerprint density at radius 1 is 1.18 bits per heavy atom. The zero-order chi connectivity index (χ0) is 24.1. The lowest BCUT2D eigenvalue weighted by Gasteiger charge is -2.31. The summed E-state index contributed by atoms with van der Waals surface area (Å²) in [5, 5.41) is 0. The van der Waals surface area contributed by atoms with Crippen LogP contribution in [0.1, 0.15) is 57.7 Å². The van der Waals surface area contributed by atoms with Crippen LogP contribution in [-0.4, -0.2) is 66.6 Å². The number of hydrogen-bond donors (Lipinski definition) is 0. The largest absolute Gasteiger partial charge is 0.468 e. The molecule has 0 spiro atoms. The van der Waals surface area contributed by atoms with Crippen molar-refractivity contribution in [3.05, 3.63) is 23.4 Å². The molecule has 0 unspecified atom stereocenters. The van der Waals surface area contributed by atoms with E-state index in [1.807, 2.05) is 26.8 Å². The SMILES string of the molecule is CC(C)(C)OC(=O)C[C@H]1CC[C@H](CCN2CCc3ccc(OCC(F)(F)F)nc3CC2)OC1. The van der Waals surface area contributed by atoms with Gasteiger partial charge in [-0.25, -0.2) is 4.98 Å². The molecule has 1 aromatic rings. The first-order valence-corrected chi connectivity index (χ1v) is 11.7. The number of nitrogens with zero attached hydrogens (tertiary/aromatic N) is 2. The Morgan fingerprint density at radius 2 is 1.94 bits per heavy atom. The predicted octanol–water partition coefficient (Wildman–Crippen LogP) is 4.34. The van der Waals surface area contributed by atoms with Crippen molar-refractivity contribution >= 4 is 5.97 Å². The molecule has 2 atom stereocenters. The highest BCUT2D eigenvalue weighted by Gasteiger charge is 2.29. The molecule has 6 nitrogen and oxygen atoms in total. The number of halogens is 3. The van der Waals surface area contributed by atoms with Crippen LogP contribution in [0, 0.1) is 5.92 Å². The third-order valence-corrected chi connectivity index (χ3v) is 5.90. The summed E-state index contributed by atoms with van der Waals surface area (Å²) in [5.74, 6) is 0.0685. The standard InChI is InChI=1S/C24H35F3N2O4/c1-23(2,3)33-22(30)14-17-4-6-19(31-15-17)9-12-29-11-8-18-5-7-21(28-20(18)10-13-29)32-16-24(25,26)27/h5,7,17,19H,4,6,8-16H2,1-3H3/t17-,19-/m1/s1.